The van der Waals surface area contributed by atoms with Gasteiger partial charge >= 0.3 is 0 Å². The summed E-state index contributed by atoms with van der Waals surface area (Å²) in [6.07, 6.45) is 1.14. The van der Waals surface area contributed by atoms with Crippen LogP contribution in [0.15, 0.2) is 12.3 Å². The molecule has 7 nitrogen and oxygen atoms in total. The summed E-state index contributed by atoms with van der Waals surface area (Å²) in [5.41, 5.74) is 0.516. The third-order valence-electron chi connectivity index (χ3n) is 2.19. The van der Waals surface area contributed by atoms with Crippen molar-refractivity contribution in [2.45, 2.75) is 6.92 Å². The van der Waals surface area contributed by atoms with Crippen LogP contribution in [-0.2, 0) is 0 Å². The molecule has 0 atom stereocenters. The Morgan fingerprint density at radius 3 is 2.72 bits per heavy atom. The normalized spacial score (nSPS) is 9.44. The van der Waals surface area contributed by atoms with Crippen LogP contribution in [-0.4, -0.2) is 36.0 Å². The SMILES string of the molecule is CNCCNC(=O)c1cc([N+](=O)[O-])cnc1C.Cl. The number of halogens is 1. The minimum atomic E-state index is -0.573. The molecular formula is C10H15ClN4O3. The topological polar surface area (TPSA) is 97.2 Å². The van der Waals surface area contributed by atoms with Crippen molar-refractivity contribution in [3.63, 3.8) is 0 Å². The molecule has 100 valence electrons. The van der Waals surface area contributed by atoms with Crippen LogP contribution in [0.3, 0.4) is 0 Å². The molecule has 8 heteroatoms. The van der Waals surface area contributed by atoms with Gasteiger partial charge in [-0.25, -0.2) is 0 Å². The lowest BCUT2D eigenvalue weighted by Crippen LogP contribution is -2.31. The van der Waals surface area contributed by atoms with Gasteiger partial charge in [-0.3, -0.25) is 19.9 Å². The first-order chi connectivity index (χ1) is 8.06. The molecule has 0 saturated heterocycles. The van der Waals surface area contributed by atoms with E-state index >= 15 is 0 Å². The Balaban J connectivity index is 0.00000289. The van der Waals surface area contributed by atoms with E-state index in [0.717, 1.165) is 6.20 Å². The predicted octanol–water partition coefficient (Wildman–Crippen LogP) is 0.669. The smallest absolute Gasteiger partial charge is 0.288 e. The van der Waals surface area contributed by atoms with Crippen LogP contribution >= 0.6 is 12.4 Å². The quantitative estimate of drug-likeness (QED) is 0.467. The summed E-state index contributed by atoms with van der Waals surface area (Å²) in [6, 6.07) is 1.23. The summed E-state index contributed by atoms with van der Waals surface area (Å²) in [5, 5.41) is 16.1. The van der Waals surface area contributed by atoms with Crippen molar-refractivity contribution >= 4 is 24.0 Å². The van der Waals surface area contributed by atoms with Crippen LogP contribution in [0.5, 0.6) is 0 Å². The number of nitrogens with zero attached hydrogens (tertiary/aromatic N) is 2. The monoisotopic (exact) mass is 274 g/mol. The number of rotatable bonds is 5. The molecule has 1 amide bonds. The van der Waals surface area contributed by atoms with E-state index in [1.807, 2.05) is 0 Å². The molecule has 0 aromatic carbocycles. The Morgan fingerprint density at radius 1 is 1.50 bits per heavy atom. The summed E-state index contributed by atoms with van der Waals surface area (Å²) in [5.74, 6) is -0.353. The molecule has 0 saturated carbocycles. The van der Waals surface area contributed by atoms with Gasteiger partial charge in [0, 0.05) is 19.2 Å². The van der Waals surface area contributed by atoms with Crippen molar-refractivity contribution in [2.24, 2.45) is 0 Å². The molecule has 1 heterocycles. The number of nitro groups is 1. The van der Waals surface area contributed by atoms with Gasteiger partial charge in [-0.2, -0.15) is 0 Å². The zero-order valence-corrected chi connectivity index (χ0v) is 10.9. The molecule has 0 aliphatic carbocycles. The minimum Gasteiger partial charge on any atom is -0.351 e. The van der Waals surface area contributed by atoms with E-state index in [9.17, 15) is 14.9 Å². The van der Waals surface area contributed by atoms with Gasteiger partial charge in [0.2, 0.25) is 0 Å². The Hall–Kier alpha value is -1.73. The van der Waals surface area contributed by atoms with Crippen LogP contribution in [0, 0.1) is 17.0 Å². The van der Waals surface area contributed by atoms with Crippen molar-refractivity contribution in [1.29, 1.82) is 0 Å². The minimum absolute atomic E-state index is 0. The van der Waals surface area contributed by atoms with Crippen molar-refractivity contribution in [3.05, 3.63) is 33.6 Å². The first-order valence-electron chi connectivity index (χ1n) is 5.10. The van der Waals surface area contributed by atoms with Crippen LogP contribution < -0.4 is 10.6 Å². The Labute approximate surface area is 111 Å². The largest absolute Gasteiger partial charge is 0.351 e. The second kappa shape index (κ2) is 7.57. The molecule has 0 spiro atoms. The molecule has 0 unspecified atom stereocenters. The van der Waals surface area contributed by atoms with Gasteiger partial charge in [0.05, 0.1) is 16.2 Å². The summed E-state index contributed by atoms with van der Waals surface area (Å²) >= 11 is 0. The van der Waals surface area contributed by atoms with E-state index in [4.69, 9.17) is 0 Å². The number of amides is 1. The Bertz CT molecular complexity index is 439. The zero-order valence-electron chi connectivity index (χ0n) is 10.1. The maximum Gasteiger partial charge on any atom is 0.288 e. The highest BCUT2D eigenvalue weighted by atomic mass is 35.5. The number of aryl methyl sites for hydroxylation is 1. The third-order valence-corrected chi connectivity index (χ3v) is 2.19. The molecule has 1 aromatic rings. The fourth-order valence-electron chi connectivity index (χ4n) is 1.25. The highest BCUT2D eigenvalue weighted by Gasteiger charge is 2.15. The number of hydrogen-bond acceptors (Lipinski definition) is 5. The van der Waals surface area contributed by atoms with Gasteiger partial charge in [-0.05, 0) is 14.0 Å². The van der Waals surface area contributed by atoms with E-state index in [1.54, 1.807) is 14.0 Å². The Morgan fingerprint density at radius 2 is 2.17 bits per heavy atom. The van der Waals surface area contributed by atoms with E-state index in [2.05, 4.69) is 15.6 Å². The number of pyridine rings is 1. The molecule has 0 fully saturated rings. The first-order valence-corrected chi connectivity index (χ1v) is 5.10. The van der Waals surface area contributed by atoms with E-state index < -0.39 is 4.92 Å². The first kappa shape index (κ1) is 16.3. The molecule has 2 N–H and O–H groups in total. The van der Waals surface area contributed by atoms with Crippen LogP contribution in [0.2, 0.25) is 0 Å². The number of carbonyl (C=O) groups is 1. The van der Waals surface area contributed by atoms with Crippen molar-refractivity contribution in [2.75, 3.05) is 20.1 Å². The van der Waals surface area contributed by atoms with E-state index in [0.29, 0.717) is 18.8 Å². The lowest BCUT2D eigenvalue weighted by atomic mass is 10.2. The molecular weight excluding hydrogens is 260 g/mol. The van der Waals surface area contributed by atoms with Gasteiger partial charge in [-0.1, -0.05) is 0 Å². The number of hydrogen-bond donors (Lipinski definition) is 2. The lowest BCUT2D eigenvalue weighted by Gasteiger charge is -2.06. The number of nitrogens with one attached hydrogen (secondary N) is 2. The van der Waals surface area contributed by atoms with Gasteiger partial charge in [0.1, 0.15) is 6.20 Å². The summed E-state index contributed by atoms with van der Waals surface area (Å²) in [4.78, 5) is 25.5. The molecule has 1 rings (SSSR count). The molecule has 0 aliphatic rings. The lowest BCUT2D eigenvalue weighted by molar-refractivity contribution is -0.385. The summed E-state index contributed by atoms with van der Waals surface area (Å²) < 4.78 is 0. The van der Waals surface area contributed by atoms with Crippen LogP contribution in [0.1, 0.15) is 16.1 Å². The molecule has 0 radical (unpaired) electrons. The molecule has 0 bridgehead atoms. The van der Waals surface area contributed by atoms with E-state index in [1.165, 1.54) is 6.07 Å². The van der Waals surface area contributed by atoms with Crippen LogP contribution in [0.25, 0.3) is 0 Å². The maximum absolute atomic E-state index is 11.7. The fourth-order valence-corrected chi connectivity index (χ4v) is 1.25. The summed E-state index contributed by atoms with van der Waals surface area (Å²) in [7, 11) is 1.77. The molecule has 1 aromatic heterocycles. The molecule has 18 heavy (non-hydrogen) atoms. The predicted molar refractivity (Wildman–Crippen MR) is 69.1 cm³/mol. The third kappa shape index (κ3) is 4.27. The maximum atomic E-state index is 11.7. The average Bonchev–Trinajstić information content (AvgIpc) is 2.29. The van der Waals surface area contributed by atoms with Crippen LogP contribution in [0.4, 0.5) is 5.69 Å². The van der Waals surface area contributed by atoms with Crippen molar-refractivity contribution in [3.8, 4) is 0 Å². The number of likely N-dealkylation sites (N-methyl/N-ethyl adjacent to an activating group) is 1. The van der Waals surface area contributed by atoms with E-state index in [-0.39, 0.29) is 29.6 Å². The van der Waals surface area contributed by atoms with Gasteiger partial charge < -0.3 is 10.6 Å². The second-order valence-electron chi connectivity index (χ2n) is 3.44. The highest BCUT2D eigenvalue weighted by Crippen LogP contribution is 2.14. The second-order valence-corrected chi connectivity index (χ2v) is 3.44. The average molecular weight is 275 g/mol. The fraction of sp³-hybridized carbons (Fsp3) is 0.400. The number of aromatic nitrogens is 1. The molecule has 0 aliphatic heterocycles. The summed E-state index contributed by atoms with van der Waals surface area (Å²) in [6.45, 7) is 2.72. The Kier molecular flexibility index (Phi) is 6.84. The van der Waals surface area contributed by atoms with Gasteiger partial charge in [-0.15, -0.1) is 12.4 Å². The van der Waals surface area contributed by atoms with Gasteiger partial charge in [0.25, 0.3) is 11.6 Å². The standard InChI is InChI=1S/C10H14N4O3.ClH/c1-7-9(10(15)12-4-3-11-2)5-8(6-13-7)14(16)17;/h5-6,11H,3-4H2,1-2H3,(H,12,15);1H. The van der Waals surface area contributed by atoms with Crippen molar-refractivity contribution < 1.29 is 9.72 Å². The highest BCUT2D eigenvalue weighted by molar-refractivity contribution is 5.95. The van der Waals surface area contributed by atoms with Crippen molar-refractivity contribution in [1.82, 2.24) is 15.6 Å². The van der Waals surface area contributed by atoms with Gasteiger partial charge in [0.15, 0.2) is 0 Å². The number of carbonyl (C=O) groups excluding carboxylic acids is 1. The zero-order chi connectivity index (χ0) is 12.8.